The van der Waals surface area contributed by atoms with E-state index in [2.05, 4.69) is 15.4 Å². The SMILES string of the molecule is COc1nccc2oc(C3(c4cc5ncccc5o4)CN=C4C=CC(Cl)(Cl)NN43)cc12. The molecule has 0 aliphatic carbocycles. The third-order valence-corrected chi connectivity index (χ3v) is 5.91. The zero-order valence-electron chi connectivity index (χ0n) is 16.2. The van der Waals surface area contributed by atoms with Gasteiger partial charge in [0.25, 0.3) is 0 Å². The van der Waals surface area contributed by atoms with Crippen molar-refractivity contribution in [2.45, 2.75) is 10.00 Å². The monoisotopic (exact) mass is 455 g/mol. The van der Waals surface area contributed by atoms with Crippen LogP contribution in [-0.2, 0) is 5.54 Å². The van der Waals surface area contributed by atoms with Crippen LogP contribution in [0.15, 0.2) is 68.7 Å². The Bertz CT molecular complexity index is 1360. The standard InChI is InChI=1S/C21H15Cl2N5O3/c1-29-19-12-9-16(30-14(12)5-8-25-19)20(17-10-13-15(31-17)3-2-7-24-13)11-26-18-4-6-21(22,23)27-28(18)20/h2-10,27H,11H2,1H3. The second-order valence-electron chi connectivity index (χ2n) is 7.28. The predicted molar refractivity (Wildman–Crippen MR) is 116 cm³/mol. The van der Waals surface area contributed by atoms with Crippen LogP contribution in [0.3, 0.4) is 0 Å². The first kappa shape index (κ1) is 18.7. The molecule has 156 valence electrons. The van der Waals surface area contributed by atoms with E-state index in [4.69, 9.17) is 41.8 Å². The largest absolute Gasteiger partial charge is 0.480 e. The lowest BCUT2D eigenvalue weighted by molar-refractivity contribution is 0.125. The molecule has 0 radical (unpaired) electrons. The topological polar surface area (TPSA) is 88.9 Å². The molecule has 6 rings (SSSR count). The van der Waals surface area contributed by atoms with E-state index in [0.29, 0.717) is 40.9 Å². The van der Waals surface area contributed by atoms with Gasteiger partial charge in [0.05, 0.1) is 19.0 Å². The highest BCUT2D eigenvalue weighted by atomic mass is 35.5. The van der Waals surface area contributed by atoms with Crippen LogP contribution in [0.1, 0.15) is 11.5 Å². The molecule has 0 spiro atoms. The highest BCUT2D eigenvalue weighted by molar-refractivity contribution is 6.49. The highest BCUT2D eigenvalue weighted by Crippen LogP contribution is 2.46. The maximum atomic E-state index is 6.41. The molecule has 1 unspecified atom stereocenters. The molecule has 10 heteroatoms. The van der Waals surface area contributed by atoms with Crippen molar-refractivity contribution < 1.29 is 13.6 Å². The van der Waals surface area contributed by atoms with Crippen LogP contribution in [0.5, 0.6) is 5.88 Å². The van der Waals surface area contributed by atoms with E-state index < -0.39 is 10.00 Å². The Morgan fingerprint density at radius 1 is 1.10 bits per heavy atom. The van der Waals surface area contributed by atoms with Gasteiger partial charge in [0.1, 0.15) is 28.5 Å². The van der Waals surface area contributed by atoms with Gasteiger partial charge in [-0.25, -0.2) is 4.98 Å². The van der Waals surface area contributed by atoms with Gasteiger partial charge in [-0.05, 0) is 30.4 Å². The van der Waals surface area contributed by atoms with Crippen LogP contribution >= 0.6 is 23.2 Å². The summed E-state index contributed by atoms with van der Waals surface area (Å²) in [6.07, 6.45) is 6.75. The fourth-order valence-corrected chi connectivity index (χ4v) is 4.35. The Balaban J connectivity index is 1.62. The summed E-state index contributed by atoms with van der Waals surface area (Å²) in [5.74, 6) is 2.26. The van der Waals surface area contributed by atoms with Crippen LogP contribution in [0.4, 0.5) is 0 Å². The minimum Gasteiger partial charge on any atom is -0.480 e. The number of rotatable bonds is 3. The summed E-state index contributed by atoms with van der Waals surface area (Å²) in [5, 5.41) is 2.51. The minimum absolute atomic E-state index is 0.304. The van der Waals surface area contributed by atoms with Crippen LogP contribution < -0.4 is 10.2 Å². The number of pyridine rings is 2. The van der Waals surface area contributed by atoms with Gasteiger partial charge < -0.3 is 13.6 Å². The number of hydrazine groups is 1. The molecule has 0 amide bonds. The molecule has 4 aromatic heterocycles. The van der Waals surface area contributed by atoms with Crippen molar-refractivity contribution in [3.63, 3.8) is 0 Å². The lowest BCUT2D eigenvalue weighted by Crippen LogP contribution is -2.60. The number of alkyl halides is 2. The van der Waals surface area contributed by atoms with Gasteiger partial charge >= 0.3 is 0 Å². The Kier molecular flexibility index (Phi) is 3.89. The molecular formula is C21H15Cl2N5O3. The third-order valence-electron chi connectivity index (χ3n) is 5.49. The van der Waals surface area contributed by atoms with Crippen molar-refractivity contribution in [3.8, 4) is 5.88 Å². The molecule has 0 saturated heterocycles. The number of nitrogens with zero attached hydrogens (tertiary/aromatic N) is 4. The Labute approximate surface area is 186 Å². The number of aromatic nitrogens is 2. The quantitative estimate of drug-likeness (QED) is 0.366. The average molecular weight is 456 g/mol. The van der Waals surface area contributed by atoms with Crippen molar-refractivity contribution in [2.75, 3.05) is 13.7 Å². The molecule has 0 saturated carbocycles. The Morgan fingerprint density at radius 2 is 1.94 bits per heavy atom. The normalized spacial score (nSPS) is 22.2. The molecule has 4 aromatic rings. The second kappa shape index (κ2) is 6.46. The zero-order chi connectivity index (χ0) is 21.2. The molecule has 2 aliphatic rings. The molecule has 2 aliphatic heterocycles. The first-order chi connectivity index (χ1) is 15.0. The number of nitrogens with one attached hydrogen (secondary N) is 1. The Hall–Kier alpha value is -3.07. The number of ether oxygens (including phenoxy) is 1. The van der Waals surface area contributed by atoms with E-state index >= 15 is 0 Å². The van der Waals surface area contributed by atoms with Crippen molar-refractivity contribution >= 4 is 51.1 Å². The van der Waals surface area contributed by atoms with E-state index in [1.54, 1.807) is 42.7 Å². The van der Waals surface area contributed by atoms with Gasteiger partial charge in [-0.1, -0.05) is 23.2 Å². The molecule has 0 bridgehead atoms. The molecular weight excluding hydrogens is 441 g/mol. The number of hydrogen-bond acceptors (Lipinski definition) is 8. The number of halogens is 2. The van der Waals surface area contributed by atoms with Gasteiger partial charge in [-0.2, -0.15) is 5.43 Å². The van der Waals surface area contributed by atoms with Gasteiger partial charge in [0.2, 0.25) is 10.3 Å². The van der Waals surface area contributed by atoms with Crippen molar-refractivity contribution in [1.29, 1.82) is 0 Å². The number of furan rings is 2. The average Bonchev–Trinajstić information content (AvgIpc) is 3.47. The summed E-state index contributed by atoms with van der Waals surface area (Å²) >= 11 is 12.8. The third kappa shape index (κ3) is 2.69. The van der Waals surface area contributed by atoms with Crippen LogP contribution in [0, 0.1) is 0 Å². The number of hydrogen-bond donors (Lipinski definition) is 1. The molecule has 6 heterocycles. The Morgan fingerprint density at radius 3 is 2.77 bits per heavy atom. The first-order valence-corrected chi connectivity index (χ1v) is 10.2. The van der Waals surface area contributed by atoms with E-state index in [-0.39, 0.29) is 0 Å². The highest BCUT2D eigenvalue weighted by Gasteiger charge is 2.54. The summed E-state index contributed by atoms with van der Waals surface area (Å²) in [6.45, 7) is 0.304. The summed E-state index contributed by atoms with van der Waals surface area (Å²) in [5.41, 5.74) is 4.11. The van der Waals surface area contributed by atoms with Gasteiger partial charge in [-0.3, -0.25) is 15.0 Å². The summed E-state index contributed by atoms with van der Waals surface area (Å²) in [7, 11) is 1.57. The molecule has 8 nitrogen and oxygen atoms in total. The molecule has 1 N–H and O–H groups in total. The number of fused-ring (bicyclic) bond motifs is 3. The maximum absolute atomic E-state index is 6.41. The lowest BCUT2D eigenvalue weighted by atomic mass is 9.92. The van der Waals surface area contributed by atoms with Crippen LogP contribution in [0.2, 0.25) is 0 Å². The van der Waals surface area contributed by atoms with Crippen molar-refractivity contribution in [3.05, 3.63) is 66.4 Å². The summed E-state index contributed by atoms with van der Waals surface area (Å²) in [4.78, 5) is 13.4. The fourth-order valence-electron chi connectivity index (χ4n) is 4.05. The van der Waals surface area contributed by atoms with Gasteiger partial charge in [0, 0.05) is 24.5 Å². The number of aliphatic imine (C=N–C) groups is 1. The van der Waals surface area contributed by atoms with Crippen molar-refractivity contribution in [1.82, 2.24) is 20.4 Å². The fraction of sp³-hybridized carbons (Fsp3) is 0.190. The van der Waals surface area contributed by atoms with E-state index in [1.165, 1.54) is 0 Å². The number of methoxy groups -OCH3 is 1. The van der Waals surface area contributed by atoms with Crippen molar-refractivity contribution in [2.24, 2.45) is 4.99 Å². The lowest BCUT2D eigenvalue weighted by Gasteiger charge is -2.41. The molecule has 31 heavy (non-hydrogen) atoms. The van der Waals surface area contributed by atoms with E-state index in [9.17, 15) is 0 Å². The summed E-state index contributed by atoms with van der Waals surface area (Å²) < 4.78 is 16.6. The minimum atomic E-state index is -1.33. The maximum Gasteiger partial charge on any atom is 0.224 e. The molecule has 0 aromatic carbocycles. The smallest absolute Gasteiger partial charge is 0.224 e. The first-order valence-electron chi connectivity index (χ1n) is 9.48. The number of amidine groups is 1. The summed E-state index contributed by atoms with van der Waals surface area (Å²) in [6, 6.07) is 9.22. The zero-order valence-corrected chi connectivity index (χ0v) is 17.7. The van der Waals surface area contributed by atoms with Crippen LogP contribution in [-0.4, -0.2) is 38.9 Å². The van der Waals surface area contributed by atoms with E-state index in [1.807, 2.05) is 24.3 Å². The van der Waals surface area contributed by atoms with Gasteiger partial charge in [-0.15, -0.1) is 0 Å². The molecule has 1 atom stereocenters. The van der Waals surface area contributed by atoms with Crippen LogP contribution in [0.25, 0.3) is 22.1 Å². The predicted octanol–water partition coefficient (Wildman–Crippen LogP) is 4.14. The van der Waals surface area contributed by atoms with Gasteiger partial charge in [0.15, 0.2) is 11.1 Å². The van der Waals surface area contributed by atoms with E-state index in [0.717, 1.165) is 10.9 Å². The molecule has 0 fully saturated rings. The second-order valence-corrected chi connectivity index (χ2v) is 8.66.